The van der Waals surface area contributed by atoms with E-state index in [4.69, 9.17) is 16.2 Å². The molecular formula is C19H26N2O. The van der Waals surface area contributed by atoms with Gasteiger partial charge in [-0.15, -0.1) is 0 Å². The van der Waals surface area contributed by atoms with Gasteiger partial charge < -0.3 is 16.2 Å². The summed E-state index contributed by atoms with van der Waals surface area (Å²) in [5, 5.41) is 0. The fourth-order valence-corrected chi connectivity index (χ4v) is 3.00. The van der Waals surface area contributed by atoms with Crippen molar-refractivity contribution < 1.29 is 4.74 Å². The second-order valence-electron chi connectivity index (χ2n) is 5.78. The first-order valence-corrected chi connectivity index (χ1v) is 7.83. The molecule has 0 saturated heterocycles. The van der Waals surface area contributed by atoms with E-state index < -0.39 is 5.54 Å². The number of ether oxygens (including phenoxy) is 1. The molecule has 3 nitrogen and oxygen atoms in total. The van der Waals surface area contributed by atoms with E-state index in [0.29, 0.717) is 6.42 Å². The Balaban J connectivity index is 2.29. The smallest absolute Gasteiger partial charge is 0.122 e. The van der Waals surface area contributed by atoms with Crippen LogP contribution < -0.4 is 16.2 Å². The lowest BCUT2D eigenvalue weighted by Crippen LogP contribution is -2.53. The maximum Gasteiger partial charge on any atom is 0.122 e. The summed E-state index contributed by atoms with van der Waals surface area (Å²) < 4.78 is 5.43. The molecule has 0 fully saturated rings. The molecule has 4 N–H and O–H groups in total. The van der Waals surface area contributed by atoms with Crippen molar-refractivity contribution in [2.75, 3.05) is 7.11 Å². The van der Waals surface area contributed by atoms with Crippen molar-refractivity contribution in [3.63, 3.8) is 0 Å². The zero-order valence-corrected chi connectivity index (χ0v) is 13.5. The van der Waals surface area contributed by atoms with Crippen LogP contribution in [-0.2, 0) is 12.0 Å². The lowest BCUT2D eigenvalue weighted by atomic mass is 9.78. The molecule has 2 aromatic rings. The highest BCUT2D eigenvalue weighted by Crippen LogP contribution is 2.30. The lowest BCUT2D eigenvalue weighted by molar-refractivity contribution is 0.318. The number of hydrogen-bond donors (Lipinski definition) is 2. The Bertz CT molecular complexity index is 585. The Labute approximate surface area is 133 Å². The molecule has 0 aliphatic heterocycles. The van der Waals surface area contributed by atoms with Gasteiger partial charge in [0.25, 0.3) is 0 Å². The minimum atomic E-state index is -0.531. The van der Waals surface area contributed by atoms with Crippen molar-refractivity contribution in [1.82, 2.24) is 0 Å². The van der Waals surface area contributed by atoms with E-state index in [9.17, 15) is 0 Å². The highest BCUT2D eigenvalue weighted by atomic mass is 16.5. The Hall–Kier alpha value is -1.84. The van der Waals surface area contributed by atoms with Crippen LogP contribution in [0.1, 0.15) is 30.9 Å². The van der Waals surface area contributed by atoms with Crippen LogP contribution in [0.2, 0.25) is 0 Å². The number of hydrogen-bond acceptors (Lipinski definition) is 3. The first kappa shape index (κ1) is 16.5. The highest BCUT2D eigenvalue weighted by Gasteiger charge is 2.33. The third-order valence-electron chi connectivity index (χ3n) is 4.27. The third kappa shape index (κ3) is 3.49. The quantitative estimate of drug-likeness (QED) is 0.825. The van der Waals surface area contributed by atoms with Gasteiger partial charge in [-0.3, -0.25) is 0 Å². The van der Waals surface area contributed by atoms with Crippen LogP contribution >= 0.6 is 0 Å². The van der Waals surface area contributed by atoms with Crippen molar-refractivity contribution in [1.29, 1.82) is 0 Å². The van der Waals surface area contributed by atoms with Crippen LogP contribution in [-0.4, -0.2) is 13.2 Å². The molecule has 0 radical (unpaired) electrons. The van der Waals surface area contributed by atoms with E-state index in [1.165, 1.54) is 0 Å². The summed E-state index contributed by atoms with van der Waals surface area (Å²) in [6, 6.07) is 18.0. The van der Waals surface area contributed by atoms with Crippen LogP contribution in [0.25, 0.3) is 0 Å². The molecule has 2 atom stereocenters. The Morgan fingerprint density at radius 1 is 1.05 bits per heavy atom. The predicted octanol–water partition coefficient (Wildman–Crippen LogP) is 3.22. The van der Waals surface area contributed by atoms with Gasteiger partial charge in [0.1, 0.15) is 5.75 Å². The van der Waals surface area contributed by atoms with Gasteiger partial charge >= 0.3 is 0 Å². The summed E-state index contributed by atoms with van der Waals surface area (Å²) >= 11 is 0. The summed E-state index contributed by atoms with van der Waals surface area (Å²) in [6.07, 6.45) is 2.54. The second-order valence-corrected chi connectivity index (χ2v) is 5.78. The van der Waals surface area contributed by atoms with Crippen molar-refractivity contribution in [3.05, 3.63) is 65.7 Å². The van der Waals surface area contributed by atoms with E-state index in [1.807, 2.05) is 36.4 Å². The summed E-state index contributed by atoms with van der Waals surface area (Å²) in [6.45, 7) is 2.14. The largest absolute Gasteiger partial charge is 0.496 e. The minimum Gasteiger partial charge on any atom is -0.496 e. The second kappa shape index (κ2) is 7.43. The zero-order chi connectivity index (χ0) is 16.0. The van der Waals surface area contributed by atoms with Gasteiger partial charge in [0.2, 0.25) is 0 Å². The van der Waals surface area contributed by atoms with Crippen molar-refractivity contribution in [2.24, 2.45) is 11.5 Å². The van der Waals surface area contributed by atoms with Gasteiger partial charge in [-0.05, 0) is 30.0 Å². The maximum atomic E-state index is 6.75. The summed E-state index contributed by atoms with van der Waals surface area (Å²) in [5.41, 5.74) is 15.0. The molecule has 0 heterocycles. The van der Waals surface area contributed by atoms with E-state index in [-0.39, 0.29) is 6.04 Å². The van der Waals surface area contributed by atoms with E-state index in [1.54, 1.807) is 7.11 Å². The number of methoxy groups -OCH3 is 1. The lowest BCUT2D eigenvalue weighted by Gasteiger charge is -2.36. The molecule has 0 aromatic heterocycles. The molecule has 2 unspecified atom stereocenters. The average molecular weight is 298 g/mol. The van der Waals surface area contributed by atoms with Crippen molar-refractivity contribution in [2.45, 2.75) is 37.8 Å². The molecule has 0 bridgehead atoms. The third-order valence-corrected chi connectivity index (χ3v) is 4.27. The van der Waals surface area contributed by atoms with Crippen LogP contribution in [0.4, 0.5) is 0 Å². The molecule has 0 saturated carbocycles. The van der Waals surface area contributed by atoms with Crippen molar-refractivity contribution in [3.8, 4) is 5.75 Å². The first-order valence-electron chi connectivity index (χ1n) is 7.83. The van der Waals surface area contributed by atoms with E-state index in [2.05, 4.69) is 25.1 Å². The first-order chi connectivity index (χ1) is 10.6. The zero-order valence-electron chi connectivity index (χ0n) is 13.5. The maximum absolute atomic E-state index is 6.75. The Morgan fingerprint density at radius 3 is 2.32 bits per heavy atom. The van der Waals surface area contributed by atoms with Gasteiger partial charge in [-0.1, -0.05) is 61.9 Å². The fraction of sp³-hybridized carbons (Fsp3) is 0.368. The van der Waals surface area contributed by atoms with Gasteiger partial charge in [-0.25, -0.2) is 0 Å². The predicted molar refractivity (Wildman–Crippen MR) is 91.9 cm³/mol. The Kier molecular flexibility index (Phi) is 5.58. The monoisotopic (exact) mass is 298 g/mol. The topological polar surface area (TPSA) is 61.3 Å². The standard InChI is InChI=1S/C19H26N2O/c1-3-13-19(21,16-10-5-4-6-11-16)18(20)14-15-9-7-8-12-17(15)22-2/h4-12,18H,3,13-14,20-21H2,1-2H3. The van der Waals surface area contributed by atoms with Crippen LogP contribution in [0.15, 0.2) is 54.6 Å². The summed E-state index contributed by atoms with van der Waals surface area (Å²) in [4.78, 5) is 0. The van der Waals surface area contributed by atoms with Gasteiger partial charge in [0, 0.05) is 6.04 Å². The number of rotatable bonds is 7. The molecule has 118 valence electrons. The van der Waals surface area contributed by atoms with Gasteiger partial charge in [0.15, 0.2) is 0 Å². The minimum absolute atomic E-state index is 0.175. The average Bonchev–Trinajstić information content (AvgIpc) is 2.56. The molecule has 3 heteroatoms. The van der Waals surface area contributed by atoms with Gasteiger partial charge in [-0.2, -0.15) is 0 Å². The van der Waals surface area contributed by atoms with Gasteiger partial charge in [0.05, 0.1) is 12.6 Å². The molecule has 2 rings (SSSR count). The van der Waals surface area contributed by atoms with Crippen LogP contribution in [0.3, 0.4) is 0 Å². The molecule has 0 spiro atoms. The summed E-state index contributed by atoms with van der Waals surface area (Å²) in [5.74, 6) is 0.866. The highest BCUT2D eigenvalue weighted by molar-refractivity contribution is 5.35. The molecule has 0 amide bonds. The summed E-state index contributed by atoms with van der Waals surface area (Å²) in [7, 11) is 1.68. The fourth-order valence-electron chi connectivity index (χ4n) is 3.00. The molecule has 2 aromatic carbocycles. The molecule has 0 aliphatic carbocycles. The molecular weight excluding hydrogens is 272 g/mol. The van der Waals surface area contributed by atoms with E-state index >= 15 is 0 Å². The molecule has 22 heavy (non-hydrogen) atoms. The molecule has 0 aliphatic rings. The van der Waals surface area contributed by atoms with Crippen molar-refractivity contribution >= 4 is 0 Å². The van der Waals surface area contributed by atoms with Crippen LogP contribution in [0.5, 0.6) is 5.75 Å². The SMILES string of the molecule is CCCC(N)(c1ccccc1)C(N)Cc1ccccc1OC. The normalized spacial score (nSPS) is 15.1. The Morgan fingerprint density at radius 2 is 1.68 bits per heavy atom. The number of para-hydroxylation sites is 1. The number of nitrogens with two attached hydrogens (primary N) is 2. The number of benzene rings is 2. The van der Waals surface area contributed by atoms with Crippen LogP contribution in [0, 0.1) is 0 Å². The van der Waals surface area contributed by atoms with E-state index in [0.717, 1.165) is 29.7 Å².